The summed E-state index contributed by atoms with van der Waals surface area (Å²) in [7, 11) is 0. The molecule has 4 N–H and O–H groups in total. The summed E-state index contributed by atoms with van der Waals surface area (Å²) >= 11 is 0. The van der Waals surface area contributed by atoms with Crippen LogP contribution in [-0.2, 0) is 0 Å². The summed E-state index contributed by atoms with van der Waals surface area (Å²) in [4.78, 5) is 20.9. The zero-order chi connectivity index (χ0) is 21.0. The van der Waals surface area contributed by atoms with E-state index < -0.39 is 11.7 Å². The number of carbonyl (C=O) groups excluding carboxylic acids is 1. The highest BCUT2D eigenvalue weighted by Crippen LogP contribution is 2.23. The van der Waals surface area contributed by atoms with E-state index in [2.05, 4.69) is 25.6 Å². The number of anilines is 1. The third kappa shape index (κ3) is 4.29. The molecule has 1 amide bonds. The zero-order valence-electron chi connectivity index (χ0n) is 15.8. The Morgan fingerprint density at radius 2 is 1.93 bits per heavy atom. The van der Waals surface area contributed by atoms with Crippen molar-refractivity contribution in [3.05, 3.63) is 76.9 Å². The van der Waals surface area contributed by atoms with Crippen molar-refractivity contribution in [2.45, 2.75) is 13.8 Å². The Labute approximate surface area is 166 Å². The first kappa shape index (κ1) is 19.7. The van der Waals surface area contributed by atoms with Crippen molar-refractivity contribution in [3.8, 4) is 11.3 Å². The van der Waals surface area contributed by atoms with Gasteiger partial charge in [-0.05, 0) is 37.1 Å². The van der Waals surface area contributed by atoms with E-state index in [1.165, 1.54) is 18.5 Å². The molecule has 0 fully saturated rings. The zero-order valence-corrected chi connectivity index (χ0v) is 15.8. The molecule has 1 aromatic heterocycles. The molecule has 0 unspecified atom stereocenters. The summed E-state index contributed by atoms with van der Waals surface area (Å²) in [5, 5.41) is 9.01. The fourth-order valence-electron chi connectivity index (χ4n) is 2.80. The highest BCUT2D eigenvalue weighted by molar-refractivity contribution is 6.05. The Bertz CT molecular complexity index is 1090. The van der Waals surface area contributed by atoms with E-state index >= 15 is 0 Å². The van der Waals surface area contributed by atoms with Gasteiger partial charge in [-0.15, -0.1) is 5.10 Å². The van der Waals surface area contributed by atoms with Crippen LogP contribution in [-0.4, -0.2) is 21.7 Å². The van der Waals surface area contributed by atoms with Crippen molar-refractivity contribution in [2.75, 3.05) is 5.32 Å². The Morgan fingerprint density at radius 1 is 1.14 bits per heavy atom. The molecule has 0 bridgehead atoms. The van der Waals surface area contributed by atoms with Crippen LogP contribution in [0.1, 0.15) is 27.0 Å². The lowest BCUT2D eigenvalue weighted by molar-refractivity contribution is 0.102. The molecule has 0 aliphatic carbocycles. The van der Waals surface area contributed by atoms with Crippen LogP contribution in [0.25, 0.3) is 11.3 Å². The number of halogens is 1. The number of aromatic nitrogens is 2. The summed E-state index contributed by atoms with van der Waals surface area (Å²) in [5.74, 6) is -0.884. The van der Waals surface area contributed by atoms with Crippen molar-refractivity contribution in [3.63, 3.8) is 0 Å². The molecular formula is C20H18FN7O. The summed E-state index contributed by atoms with van der Waals surface area (Å²) in [6.07, 6.45) is 2.89. The second-order valence-corrected chi connectivity index (χ2v) is 6.29. The summed E-state index contributed by atoms with van der Waals surface area (Å²) < 4.78 is 14.0. The van der Waals surface area contributed by atoms with E-state index in [0.717, 1.165) is 11.1 Å². The number of carbonyl (C=O) groups is 1. The molecule has 29 heavy (non-hydrogen) atoms. The number of nitrogens with two attached hydrogens (primary N) is 1. The fourth-order valence-corrected chi connectivity index (χ4v) is 2.80. The molecule has 0 spiro atoms. The number of nitrogens with zero attached hydrogens (tertiary/aromatic N) is 4. The maximum Gasteiger partial charge on any atom is 0.260 e. The Hall–Kier alpha value is -4.01. The van der Waals surface area contributed by atoms with E-state index in [1.54, 1.807) is 31.2 Å². The summed E-state index contributed by atoms with van der Waals surface area (Å²) in [6, 6.07) is 9.81. The van der Waals surface area contributed by atoms with Gasteiger partial charge in [0.2, 0.25) is 0 Å². The van der Waals surface area contributed by atoms with Gasteiger partial charge < -0.3 is 11.1 Å². The van der Waals surface area contributed by atoms with Crippen molar-refractivity contribution in [1.29, 1.82) is 5.53 Å². The molecule has 3 aromatic rings. The number of amides is 1. The number of hydrogen-bond acceptors (Lipinski definition) is 5. The van der Waals surface area contributed by atoms with Gasteiger partial charge in [0.25, 0.3) is 5.91 Å². The molecule has 0 atom stereocenters. The van der Waals surface area contributed by atoms with Gasteiger partial charge in [-0.2, -0.15) is 5.53 Å². The topological polar surface area (TPSA) is 129 Å². The molecule has 2 aromatic carbocycles. The van der Waals surface area contributed by atoms with Gasteiger partial charge in [-0.25, -0.2) is 9.37 Å². The average Bonchev–Trinajstić information content (AvgIpc) is 2.69. The van der Waals surface area contributed by atoms with Gasteiger partial charge in [0.15, 0.2) is 11.7 Å². The number of rotatable bonds is 5. The highest BCUT2D eigenvalue weighted by Gasteiger charge is 2.15. The van der Waals surface area contributed by atoms with Crippen LogP contribution in [0.5, 0.6) is 0 Å². The quantitative estimate of drug-likeness (QED) is 0.264. The van der Waals surface area contributed by atoms with Crippen LogP contribution in [0, 0.1) is 25.2 Å². The number of hydrogen-bond donors (Lipinski definition) is 3. The lowest BCUT2D eigenvalue weighted by atomic mass is 10.0. The first-order valence-electron chi connectivity index (χ1n) is 8.60. The first-order valence-corrected chi connectivity index (χ1v) is 8.60. The minimum atomic E-state index is -0.599. The van der Waals surface area contributed by atoms with Crippen molar-refractivity contribution in [1.82, 2.24) is 9.97 Å². The molecule has 0 aliphatic rings. The van der Waals surface area contributed by atoms with Crippen LogP contribution in [0.2, 0.25) is 0 Å². The molecule has 146 valence electrons. The summed E-state index contributed by atoms with van der Waals surface area (Å²) in [6.45, 7) is 3.56. The lowest BCUT2D eigenvalue weighted by Gasteiger charge is -2.10. The first-order chi connectivity index (χ1) is 13.9. The van der Waals surface area contributed by atoms with Crippen LogP contribution < -0.4 is 11.1 Å². The minimum Gasteiger partial charge on any atom is -0.382 e. The molecule has 1 heterocycles. The molecule has 8 nitrogen and oxygen atoms in total. The number of nitrogens with one attached hydrogen (secondary N) is 2. The molecule has 0 saturated carbocycles. The highest BCUT2D eigenvalue weighted by atomic mass is 19.1. The molecule has 0 saturated heterocycles. The normalized spacial score (nSPS) is 11.2. The van der Waals surface area contributed by atoms with Crippen LogP contribution in [0.15, 0.2) is 59.1 Å². The van der Waals surface area contributed by atoms with E-state index in [1.807, 2.05) is 13.0 Å². The third-order valence-electron chi connectivity index (χ3n) is 4.31. The van der Waals surface area contributed by atoms with E-state index in [0.29, 0.717) is 16.8 Å². The second-order valence-electron chi connectivity index (χ2n) is 6.29. The smallest absolute Gasteiger partial charge is 0.260 e. The van der Waals surface area contributed by atoms with E-state index in [4.69, 9.17) is 11.3 Å². The minimum absolute atomic E-state index is 0.0310. The maximum absolute atomic E-state index is 14.0. The standard InChI is InChI=1S/C20H18FN7O/c1-11-6-7-13(19(22)27-28-23)8-14(11)16-9-25-17(10-24-16)26-20(29)18-12(2)4-3-5-15(18)21/h3-10H,1-2H3,(H3,22,23,27)(H,25,26,29). The van der Waals surface area contributed by atoms with Gasteiger partial charge in [-0.1, -0.05) is 29.5 Å². The van der Waals surface area contributed by atoms with Gasteiger partial charge in [0, 0.05) is 11.1 Å². The van der Waals surface area contributed by atoms with Crippen molar-refractivity contribution in [2.24, 2.45) is 16.1 Å². The average molecular weight is 391 g/mol. The maximum atomic E-state index is 14.0. The van der Waals surface area contributed by atoms with Crippen molar-refractivity contribution >= 4 is 17.6 Å². The van der Waals surface area contributed by atoms with Crippen LogP contribution in [0.4, 0.5) is 10.2 Å². The van der Waals surface area contributed by atoms with Crippen molar-refractivity contribution < 1.29 is 9.18 Å². The number of amidine groups is 1. The van der Waals surface area contributed by atoms with Gasteiger partial charge in [0.05, 0.1) is 23.7 Å². The second kappa shape index (κ2) is 8.34. The Balaban J connectivity index is 1.86. The monoisotopic (exact) mass is 391 g/mol. The SMILES string of the molecule is Cc1ccc(/C(N)=N/N=N)cc1-c1cnc(NC(=O)c2c(C)cccc2F)cn1. The van der Waals surface area contributed by atoms with Gasteiger partial charge >= 0.3 is 0 Å². The molecule has 3 rings (SSSR count). The van der Waals surface area contributed by atoms with E-state index in [-0.39, 0.29) is 17.2 Å². The molecule has 9 heteroatoms. The van der Waals surface area contributed by atoms with E-state index in [9.17, 15) is 9.18 Å². The van der Waals surface area contributed by atoms with Crippen LogP contribution in [0.3, 0.4) is 0 Å². The number of benzene rings is 2. The predicted molar refractivity (Wildman–Crippen MR) is 107 cm³/mol. The number of aryl methyl sites for hydroxylation is 2. The Kier molecular flexibility index (Phi) is 5.68. The third-order valence-corrected chi connectivity index (χ3v) is 4.31. The predicted octanol–water partition coefficient (Wildman–Crippen LogP) is 3.80. The lowest BCUT2D eigenvalue weighted by Crippen LogP contribution is -2.16. The fraction of sp³-hybridized carbons (Fsp3) is 0.100. The molecule has 0 aliphatic heterocycles. The molecule has 0 radical (unpaired) electrons. The largest absolute Gasteiger partial charge is 0.382 e. The summed E-state index contributed by atoms with van der Waals surface area (Å²) in [5.41, 5.74) is 15.9. The van der Waals surface area contributed by atoms with Crippen LogP contribution >= 0.6 is 0 Å². The van der Waals surface area contributed by atoms with Gasteiger partial charge in [0.1, 0.15) is 5.82 Å². The Morgan fingerprint density at radius 3 is 2.59 bits per heavy atom. The molecular weight excluding hydrogens is 373 g/mol. The van der Waals surface area contributed by atoms with Gasteiger partial charge in [-0.3, -0.25) is 9.78 Å².